The average Bonchev–Trinajstić information content (AvgIpc) is 2.28. The van der Waals surface area contributed by atoms with Crippen molar-refractivity contribution in [2.75, 3.05) is 30.4 Å². The molecular weight excluding hydrogens is 264 g/mol. The maximum absolute atomic E-state index is 11.1. The van der Waals surface area contributed by atoms with Crippen LogP contribution in [0.2, 0.25) is 0 Å². The number of nitrogens with zero attached hydrogens (tertiary/aromatic N) is 3. The summed E-state index contributed by atoms with van der Waals surface area (Å²) in [5.41, 5.74) is 4.93. The number of nitrogens with one attached hydrogen (secondary N) is 2. The number of nitrogen functional groups attached to an aromatic ring is 1. The summed E-state index contributed by atoms with van der Waals surface area (Å²) in [4.78, 5) is 17.1. The topological polar surface area (TPSA) is 153 Å². The molecule has 10 nitrogen and oxygen atoms in total. The Kier molecular flexibility index (Phi) is 4.33. The van der Waals surface area contributed by atoms with E-state index in [1.165, 1.54) is 7.05 Å². The first-order chi connectivity index (χ1) is 8.35. The fraction of sp³-hybridized carbons (Fsp3) is 0.429. The van der Waals surface area contributed by atoms with Gasteiger partial charge >= 0.3 is 5.69 Å². The number of hydrogen-bond acceptors (Lipinski definition) is 8. The maximum atomic E-state index is 11.1. The van der Waals surface area contributed by atoms with Crippen LogP contribution in [-0.2, 0) is 10.0 Å². The van der Waals surface area contributed by atoms with Gasteiger partial charge in [0.1, 0.15) is 6.20 Å². The summed E-state index contributed by atoms with van der Waals surface area (Å²) < 4.78 is 24.4. The molecule has 0 fully saturated rings. The molecule has 18 heavy (non-hydrogen) atoms. The largest absolute Gasteiger partial charge is 0.368 e. The third-order valence-electron chi connectivity index (χ3n) is 1.96. The van der Waals surface area contributed by atoms with Crippen molar-refractivity contribution in [2.24, 2.45) is 0 Å². The summed E-state index contributed by atoms with van der Waals surface area (Å²) in [7, 11) is -2.11. The Morgan fingerprint density at radius 3 is 2.78 bits per heavy atom. The predicted molar refractivity (Wildman–Crippen MR) is 64.4 cm³/mol. The van der Waals surface area contributed by atoms with Gasteiger partial charge in [0.2, 0.25) is 21.8 Å². The van der Waals surface area contributed by atoms with E-state index < -0.39 is 14.9 Å². The third-order valence-corrected chi connectivity index (χ3v) is 3.32. The summed E-state index contributed by atoms with van der Waals surface area (Å²) >= 11 is 0. The van der Waals surface area contributed by atoms with Crippen molar-refractivity contribution in [1.29, 1.82) is 0 Å². The molecule has 1 aromatic heterocycles. The Bertz CT molecular complexity index is 545. The van der Waals surface area contributed by atoms with Crippen LogP contribution in [0.15, 0.2) is 6.20 Å². The molecule has 0 saturated carbocycles. The van der Waals surface area contributed by atoms with Crippen LogP contribution in [0.25, 0.3) is 0 Å². The van der Waals surface area contributed by atoms with Crippen LogP contribution in [0.4, 0.5) is 17.5 Å². The Morgan fingerprint density at radius 1 is 1.56 bits per heavy atom. The Morgan fingerprint density at radius 2 is 2.22 bits per heavy atom. The monoisotopic (exact) mass is 276 g/mol. The summed E-state index contributed by atoms with van der Waals surface area (Å²) in [5, 5.41) is 13.2. The van der Waals surface area contributed by atoms with Crippen molar-refractivity contribution in [3.05, 3.63) is 16.3 Å². The quantitative estimate of drug-likeness (QED) is 0.438. The van der Waals surface area contributed by atoms with E-state index >= 15 is 0 Å². The van der Waals surface area contributed by atoms with E-state index in [9.17, 15) is 18.5 Å². The Balaban J connectivity index is 2.78. The molecule has 0 amide bonds. The number of aromatic nitrogens is 2. The lowest BCUT2D eigenvalue weighted by Crippen LogP contribution is -2.26. The predicted octanol–water partition coefficient (Wildman–Crippen LogP) is -1.07. The van der Waals surface area contributed by atoms with E-state index in [1.54, 1.807) is 0 Å². The van der Waals surface area contributed by atoms with Crippen LogP contribution < -0.4 is 15.8 Å². The van der Waals surface area contributed by atoms with E-state index in [0.29, 0.717) is 0 Å². The van der Waals surface area contributed by atoms with Crippen LogP contribution in [0, 0.1) is 10.1 Å². The van der Waals surface area contributed by atoms with Gasteiger partial charge < -0.3 is 11.1 Å². The van der Waals surface area contributed by atoms with Crippen LogP contribution in [0.5, 0.6) is 0 Å². The number of anilines is 2. The van der Waals surface area contributed by atoms with Gasteiger partial charge in [0.25, 0.3) is 0 Å². The van der Waals surface area contributed by atoms with E-state index in [-0.39, 0.29) is 29.8 Å². The average molecular weight is 276 g/mol. The molecule has 0 radical (unpaired) electrons. The second-order valence-corrected chi connectivity index (χ2v) is 5.21. The molecule has 0 saturated heterocycles. The molecule has 1 rings (SSSR count). The highest BCUT2D eigenvalue weighted by Gasteiger charge is 2.17. The van der Waals surface area contributed by atoms with Gasteiger partial charge in [0.05, 0.1) is 10.7 Å². The standard InChI is InChI=1S/C7H12N6O4S/c1-9-18(16,17)3-2-10-6-5(13(14)15)4-11-7(8)12-6/h4,9H,2-3H2,1H3,(H3,8,10,11,12). The summed E-state index contributed by atoms with van der Waals surface area (Å²) in [6, 6.07) is 0. The maximum Gasteiger partial charge on any atom is 0.329 e. The molecule has 4 N–H and O–H groups in total. The number of hydrogen-bond donors (Lipinski definition) is 3. The second-order valence-electron chi connectivity index (χ2n) is 3.17. The molecular formula is C7H12N6O4S. The third kappa shape index (κ3) is 3.78. The molecule has 11 heteroatoms. The van der Waals surface area contributed by atoms with Crippen molar-refractivity contribution in [2.45, 2.75) is 0 Å². The van der Waals surface area contributed by atoms with Gasteiger partial charge in [-0.25, -0.2) is 18.1 Å². The van der Waals surface area contributed by atoms with Gasteiger partial charge in [-0.1, -0.05) is 0 Å². The molecule has 0 atom stereocenters. The molecule has 0 spiro atoms. The first-order valence-electron chi connectivity index (χ1n) is 4.77. The number of nitro groups is 1. The van der Waals surface area contributed by atoms with Gasteiger partial charge in [-0.15, -0.1) is 0 Å². The lowest BCUT2D eigenvalue weighted by atomic mass is 10.4. The minimum Gasteiger partial charge on any atom is -0.368 e. The molecule has 0 unspecified atom stereocenters. The molecule has 0 bridgehead atoms. The summed E-state index contributed by atoms with van der Waals surface area (Å²) in [6.45, 7) is -0.0412. The molecule has 0 aliphatic rings. The zero-order valence-electron chi connectivity index (χ0n) is 9.45. The first kappa shape index (κ1) is 14.1. The highest BCUT2D eigenvalue weighted by molar-refractivity contribution is 7.89. The first-order valence-corrected chi connectivity index (χ1v) is 6.43. The van der Waals surface area contributed by atoms with Crippen LogP contribution in [-0.4, -0.2) is 42.7 Å². The fourth-order valence-electron chi connectivity index (χ4n) is 1.06. The lowest BCUT2D eigenvalue weighted by Gasteiger charge is -2.06. The van der Waals surface area contributed by atoms with Gasteiger partial charge in [0.15, 0.2) is 0 Å². The molecule has 100 valence electrons. The zero-order chi connectivity index (χ0) is 13.8. The fourth-order valence-corrected chi connectivity index (χ4v) is 1.63. The van der Waals surface area contributed by atoms with E-state index in [1.807, 2.05) is 0 Å². The smallest absolute Gasteiger partial charge is 0.329 e. The number of sulfonamides is 1. The van der Waals surface area contributed by atoms with Crippen LogP contribution in [0.1, 0.15) is 0 Å². The lowest BCUT2D eigenvalue weighted by molar-refractivity contribution is -0.384. The molecule has 1 aromatic rings. The van der Waals surface area contributed by atoms with Crippen molar-refractivity contribution in [3.63, 3.8) is 0 Å². The molecule has 0 aliphatic heterocycles. The van der Waals surface area contributed by atoms with E-state index in [2.05, 4.69) is 20.0 Å². The highest BCUT2D eigenvalue weighted by atomic mass is 32.2. The molecule has 0 aromatic carbocycles. The second kappa shape index (κ2) is 5.55. The molecule has 0 aliphatic carbocycles. The van der Waals surface area contributed by atoms with Crippen molar-refractivity contribution < 1.29 is 13.3 Å². The number of nitrogens with two attached hydrogens (primary N) is 1. The van der Waals surface area contributed by atoms with Gasteiger partial charge in [-0.3, -0.25) is 10.1 Å². The minimum atomic E-state index is -3.39. The van der Waals surface area contributed by atoms with Crippen molar-refractivity contribution in [3.8, 4) is 0 Å². The van der Waals surface area contributed by atoms with E-state index in [4.69, 9.17) is 5.73 Å². The van der Waals surface area contributed by atoms with Crippen LogP contribution >= 0.6 is 0 Å². The highest BCUT2D eigenvalue weighted by Crippen LogP contribution is 2.20. The SMILES string of the molecule is CNS(=O)(=O)CCNc1nc(N)ncc1[N+](=O)[O-]. The van der Waals surface area contributed by atoms with Gasteiger partial charge in [-0.05, 0) is 7.05 Å². The normalized spacial score (nSPS) is 11.2. The minimum absolute atomic E-state index is 0.0412. The van der Waals surface area contributed by atoms with Crippen molar-refractivity contribution >= 4 is 27.5 Å². The Labute approximate surface area is 103 Å². The van der Waals surface area contributed by atoms with Crippen molar-refractivity contribution in [1.82, 2.24) is 14.7 Å². The van der Waals surface area contributed by atoms with Crippen LogP contribution in [0.3, 0.4) is 0 Å². The zero-order valence-corrected chi connectivity index (χ0v) is 10.3. The summed E-state index contributed by atoms with van der Waals surface area (Å²) in [5.74, 6) is -0.497. The van der Waals surface area contributed by atoms with Gasteiger partial charge in [0, 0.05) is 6.54 Å². The molecule has 1 heterocycles. The number of rotatable bonds is 6. The van der Waals surface area contributed by atoms with E-state index in [0.717, 1.165) is 6.20 Å². The Hall–Kier alpha value is -2.01. The summed E-state index contributed by atoms with van der Waals surface area (Å²) in [6.07, 6.45) is 0.956. The van der Waals surface area contributed by atoms with Gasteiger partial charge in [-0.2, -0.15) is 4.98 Å².